The van der Waals surface area contributed by atoms with E-state index in [1.165, 1.54) is 24.3 Å². The van der Waals surface area contributed by atoms with E-state index in [0.717, 1.165) is 36.8 Å². The molecule has 0 saturated heterocycles. The first kappa shape index (κ1) is 22.4. The van der Waals surface area contributed by atoms with Gasteiger partial charge in [0.1, 0.15) is 11.6 Å². The fourth-order valence-electron chi connectivity index (χ4n) is 3.42. The molecule has 0 unspecified atom stereocenters. The molecule has 2 aromatic carbocycles. The van der Waals surface area contributed by atoms with Crippen molar-refractivity contribution in [3.63, 3.8) is 0 Å². The van der Waals surface area contributed by atoms with Crippen molar-refractivity contribution in [2.75, 3.05) is 0 Å². The molecule has 0 heterocycles. The maximum Gasteiger partial charge on any atom is 0.166 e. The second-order valence-corrected chi connectivity index (χ2v) is 8.27. The Kier molecular flexibility index (Phi) is 8.33. The second kappa shape index (κ2) is 11.2. The molecule has 1 aliphatic carbocycles. The molecule has 1 saturated carbocycles. The van der Waals surface area contributed by atoms with Crippen LogP contribution in [0.3, 0.4) is 0 Å². The van der Waals surface area contributed by atoms with Gasteiger partial charge in [0.25, 0.3) is 0 Å². The summed E-state index contributed by atoms with van der Waals surface area (Å²) in [5, 5.41) is 14.3. The van der Waals surface area contributed by atoms with Crippen LogP contribution < -0.4 is 21.3 Å². The van der Waals surface area contributed by atoms with E-state index in [0.29, 0.717) is 35.4 Å². The monoisotopic (exact) mass is 448 g/mol. The van der Waals surface area contributed by atoms with Crippen LogP contribution in [0, 0.1) is 11.6 Å². The Morgan fingerprint density at radius 2 is 1.00 bits per heavy atom. The third kappa shape index (κ3) is 7.50. The van der Waals surface area contributed by atoms with Crippen LogP contribution in [0.15, 0.2) is 48.5 Å². The lowest BCUT2D eigenvalue weighted by atomic mass is 9.91. The van der Waals surface area contributed by atoms with Crippen molar-refractivity contribution in [1.82, 2.24) is 21.3 Å². The highest BCUT2D eigenvalue weighted by Crippen LogP contribution is 2.18. The quantitative estimate of drug-likeness (QED) is 0.503. The average molecular weight is 449 g/mol. The summed E-state index contributed by atoms with van der Waals surface area (Å²) in [6, 6.07) is 13.4. The Morgan fingerprint density at radius 3 is 1.33 bits per heavy atom. The van der Waals surface area contributed by atoms with Crippen LogP contribution in [0.2, 0.25) is 0 Å². The molecule has 0 aliphatic heterocycles. The first-order chi connectivity index (χ1) is 14.5. The minimum Gasteiger partial charge on any atom is -0.360 e. The van der Waals surface area contributed by atoms with Gasteiger partial charge >= 0.3 is 0 Å². The van der Waals surface area contributed by atoms with Crippen molar-refractivity contribution in [1.29, 1.82) is 0 Å². The van der Waals surface area contributed by atoms with Crippen LogP contribution in [-0.2, 0) is 13.1 Å². The summed E-state index contributed by atoms with van der Waals surface area (Å²) < 4.78 is 25.9. The van der Waals surface area contributed by atoms with Gasteiger partial charge in [-0.1, -0.05) is 24.3 Å². The van der Waals surface area contributed by atoms with Crippen molar-refractivity contribution in [3.8, 4) is 0 Å². The zero-order valence-electron chi connectivity index (χ0n) is 16.6. The third-order valence-corrected chi connectivity index (χ3v) is 5.65. The van der Waals surface area contributed by atoms with Crippen molar-refractivity contribution in [3.05, 3.63) is 71.3 Å². The van der Waals surface area contributed by atoms with Crippen molar-refractivity contribution in [2.24, 2.45) is 0 Å². The summed E-state index contributed by atoms with van der Waals surface area (Å²) in [4.78, 5) is 0. The standard InChI is InChI=1S/C22H26F2N4S2/c23-17-5-1-15(2-6-17)13-25-21(29)27-19-9-11-20(12-10-19)28-22(30)26-14-16-3-7-18(24)8-4-16/h1-8,19-20H,9-14H2,(H2,25,27,29)(H2,26,28,30). The molecule has 0 bridgehead atoms. The predicted octanol–water partition coefficient (Wildman–Crippen LogP) is 3.90. The predicted molar refractivity (Wildman–Crippen MR) is 124 cm³/mol. The summed E-state index contributed by atoms with van der Waals surface area (Å²) in [6.45, 7) is 1.13. The van der Waals surface area contributed by atoms with Crippen molar-refractivity contribution in [2.45, 2.75) is 50.9 Å². The maximum absolute atomic E-state index is 13.0. The number of benzene rings is 2. The van der Waals surface area contributed by atoms with Crippen molar-refractivity contribution < 1.29 is 8.78 Å². The molecule has 1 fully saturated rings. The lowest BCUT2D eigenvalue weighted by molar-refractivity contribution is 0.353. The molecular formula is C22H26F2N4S2. The molecule has 3 rings (SSSR count). The molecule has 30 heavy (non-hydrogen) atoms. The minimum absolute atomic E-state index is 0.241. The fraction of sp³-hybridized carbons (Fsp3) is 0.364. The summed E-state index contributed by atoms with van der Waals surface area (Å²) in [7, 11) is 0. The highest BCUT2D eigenvalue weighted by Gasteiger charge is 2.22. The van der Waals surface area contributed by atoms with Crippen LogP contribution in [0.25, 0.3) is 0 Å². The van der Waals surface area contributed by atoms with Crippen LogP contribution in [0.1, 0.15) is 36.8 Å². The smallest absolute Gasteiger partial charge is 0.166 e. The summed E-state index contributed by atoms with van der Waals surface area (Å²) in [5.41, 5.74) is 1.96. The highest BCUT2D eigenvalue weighted by molar-refractivity contribution is 7.80. The fourth-order valence-corrected chi connectivity index (χ4v) is 3.90. The van der Waals surface area contributed by atoms with E-state index in [1.807, 2.05) is 0 Å². The molecule has 4 N–H and O–H groups in total. The van der Waals surface area contributed by atoms with E-state index in [-0.39, 0.29) is 11.6 Å². The Bertz CT molecular complexity index is 764. The van der Waals surface area contributed by atoms with E-state index in [1.54, 1.807) is 24.3 Å². The number of halogens is 2. The second-order valence-electron chi connectivity index (χ2n) is 7.46. The highest BCUT2D eigenvalue weighted by atomic mass is 32.1. The zero-order valence-corrected chi connectivity index (χ0v) is 18.2. The topological polar surface area (TPSA) is 48.1 Å². The molecule has 0 radical (unpaired) electrons. The molecular weight excluding hydrogens is 422 g/mol. The Hall–Kier alpha value is -2.32. The summed E-state index contributed by atoms with van der Waals surface area (Å²) >= 11 is 10.8. The Balaban J connectivity index is 1.31. The first-order valence-corrected chi connectivity index (χ1v) is 10.9. The van der Waals surface area contributed by atoms with E-state index < -0.39 is 0 Å². The molecule has 0 amide bonds. The number of nitrogens with one attached hydrogen (secondary N) is 4. The molecule has 0 aromatic heterocycles. The van der Waals surface area contributed by atoms with Gasteiger partial charge in [0.2, 0.25) is 0 Å². The Labute approximate surface area is 186 Å². The van der Waals surface area contributed by atoms with Gasteiger partial charge in [0.05, 0.1) is 0 Å². The van der Waals surface area contributed by atoms with Gasteiger partial charge in [-0.05, 0) is 85.5 Å². The van der Waals surface area contributed by atoms with Crippen LogP contribution >= 0.6 is 24.4 Å². The third-order valence-electron chi connectivity index (χ3n) is 5.13. The molecule has 4 nitrogen and oxygen atoms in total. The van der Waals surface area contributed by atoms with E-state index in [2.05, 4.69) is 21.3 Å². The number of thiocarbonyl (C=S) groups is 2. The SMILES string of the molecule is Fc1ccc(CNC(=S)NC2CCC(NC(=S)NCc3ccc(F)cc3)CC2)cc1. The number of hydrogen-bond acceptors (Lipinski definition) is 2. The molecule has 0 atom stereocenters. The van der Waals surface area contributed by atoms with Gasteiger partial charge in [-0.2, -0.15) is 0 Å². The normalized spacial score (nSPS) is 18.3. The molecule has 2 aromatic rings. The molecule has 1 aliphatic rings. The van der Waals surface area contributed by atoms with Gasteiger partial charge in [-0.25, -0.2) is 8.78 Å². The molecule has 8 heteroatoms. The maximum atomic E-state index is 13.0. The van der Waals surface area contributed by atoms with Crippen LogP contribution in [0.4, 0.5) is 8.78 Å². The van der Waals surface area contributed by atoms with Crippen LogP contribution in [0.5, 0.6) is 0 Å². The van der Waals surface area contributed by atoms with Gasteiger partial charge < -0.3 is 21.3 Å². The summed E-state index contributed by atoms with van der Waals surface area (Å²) in [6.07, 6.45) is 3.99. The van der Waals surface area contributed by atoms with E-state index >= 15 is 0 Å². The summed E-state index contributed by atoms with van der Waals surface area (Å²) in [5.74, 6) is -0.482. The molecule has 160 valence electrons. The lowest BCUT2D eigenvalue weighted by Crippen LogP contribution is -2.48. The van der Waals surface area contributed by atoms with Gasteiger partial charge in [-0.3, -0.25) is 0 Å². The number of rotatable bonds is 6. The minimum atomic E-state index is -0.241. The van der Waals surface area contributed by atoms with Gasteiger partial charge in [-0.15, -0.1) is 0 Å². The lowest BCUT2D eigenvalue weighted by Gasteiger charge is -2.31. The van der Waals surface area contributed by atoms with Crippen LogP contribution in [-0.4, -0.2) is 22.3 Å². The average Bonchev–Trinajstić information content (AvgIpc) is 2.74. The Morgan fingerprint density at radius 1 is 0.667 bits per heavy atom. The van der Waals surface area contributed by atoms with Gasteiger partial charge in [0, 0.05) is 25.2 Å². The number of hydrogen-bond donors (Lipinski definition) is 4. The molecule has 0 spiro atoms. The van der Waals surface area contributed by atoms with Crippen molar-refractivity contribution >= 4 is 34.7 Å². The van der Waals surface area contributed by atoms with E-state index in [9.17, 15) is 8.78 Å². The van der Waals surface area contributed by atoms with E-state index in [4.69, 9.17) is 24.4 Å². The first-order valence-electron chi connectivity index (χ1n) is 10.1. The largest absolute Gasteiger partial charge is 0.360 e. The zero-order chi connectivity index (χ0) is 21.3. The van der Waals surface area contributed by atoms with Gasteiger partial charge in [0.15, 0.2) is 10.2 Å².